The molecule has 4 bridgehead atoms. The number of hydrogen-bond donors (Lipinski definition) is 0. The highest BCUT2D eigenvalue weighted by atomic mass is 14.6. The van der Waals surface area contributed by atoms with E-state index in [1.807, 2.05) is 0 Å². The van der Waals surface area contributed by atoms with Gasteiger partial charge < -0.3 is 0 Å². The lowest BCUT2D eigenvalue weighted by Crippen LogP contribution is -2.44. The zero-order valence-corrected chi connectivity index (χ0v) is 5.09. The molecular formula is C8H10. The Balaban J connectivity index is 2.15. The van der Waals surface area contributed by atoms with Gasteiger partial charge in [0.25, 0.3) is 0 Å². The summed E-state index contributed by atoms with van der Waals surface area (Å²) in [5, 5.41) is 0. The van der Waals surface area contributed by atoms with Crippen LogP contribution in [0.2, 0.25) is 0 Å². The third kappa shape index (κ3) is 0.168. The van der Waals surface area contributed by atoms with E-state index < -0.39 is 0 Å². The zero-order chi connectivity index (χ0) is 5.30. The van der Waals surface area contributed by atoms with Crippen molar-refractivity contribution in [3.63, 3.8) is 0 Å². The van der Waals surface area contributed by atoms with Crippen molar-refractivity contribution in [1.82, 2.24) is 0 Å². The van der Waals surface area contributed by atoms with Gasteiger partial charge in [0.05, 0.1) is 0 Å². The van der Waals surface area contributed by atoms with Crippen LogP contribution in [-0.4, -0.2) is 0 Å². The molecule has 2 fully saturated rings. The first-order chi connectivity index (χ1) is 3.88. The van der Waals surface area contributed by atoms with E-state index in [1.165, 1.54) is 6.42 Å². The van der Waals surface area contributed by atoms with E-state index in [9.17, 15) is 0 Å². The van der Waals surface area contributed by atoms with Crippen LogP contribution in [0.4, 0.5) is 0 Å². The van der Waals surface area contributed by atoms with Crippen molar-refractivity contribution in [3.05, 3.63) is 11.6 Å². The van der Waals surface area contributed by atoms with Crippen LogP contribution in [0, 0.1) is 23.7 Å². The number of allylic oxidation sites excluding steroid dienone is 2. The quantitative estimate of drug-likeness (QED) is 0.413. The lowest BCUT2D eigenvalue weighted by Gasteiger charge is -2.50. The Morgan fingerprint density at radius 1 is 1.62 bits per heavy atom. The van der Waals surface area contributed by atoms with Gasteiger partial charge in [-0.3, -0.25) is 0 Å². The molecule has 0 aliphatic heterocycles. The lowest BCUT2D eigenvalue weighted by atomic mass is 9.54. The molecular weight excluding hydrogens is 96.1 g/mol. The molecule has 0 amide bonds. The Kier molecular flexibility index (Phi) is 0.367. The molecule has 4 atom stereocenters. The van der Waals surface area contributed by atoms with E-state index >= 15 is 0 Å². The maximum atomic E-state index is 2.53. The fourth-order valence-electron chi connectivity index (χ4n) is 2.93. The molecule has 0 aromatic rings. The van der Waals surface area contributed by atoms with Gasteiger partial charge in [-0.05, 0) is 30.1 Å². The summed E-state index contributed by atoms with van der Waals surface area (Å²) in [6.07, 6.45) is 4.05. The van der Waals surface area contributed by atoms with Gasteiger partial charge >= 0.3 is 0 Å². The van der Waals surface area contributed by atoms with Gasteiger partial charge in [0.2, 0.25) is 0 Å². The predicted octanol–water partition coefficient (Wildman–Crippen LogP) is 1.83. The average molecular weight is 106 g/mol. The lowest BCUT2D eigenvalue weighted by molar-refractivity contribution is 0.0559. The maximum absolute atomic E-state index is 2.53. The molecule has 5 aliphatic rings. The summed E-state index contributed by atoms with van der Waals surface area (Å²) in [5.74, 6) is 4.27. The molecule has 3 unspecified atom stereocenters. The third-order valence-corrected chi connectivity index (χ3v) is 3.42. The van der Waals surface area contributed by atoms with Crippen molar-refractivity contribution in [3.8, 4) is 0 Å². The Labute approximate surface area is 49.6 Å². The summed E-state index contributed by atoms with van der Waals surface area (Å²) in [5.41, 5.74) is 1.81. The largest absolute Gasteiger partial charge is 0.0813 e. The first-order valence-electron chi connectivity index (χ1n) is 3.59. The van der Waals surface area contributed by atoms with Gasteiger partial charge in [-0.15, -0.1) is 0 Å². The van der Waals surface area contributed by atoms with Crippen LogP contribution in [0.25, 0.3) is 0 Å². The molecule has 0 spiro atoms. The second-order valence-corrected chi connectivity index (χ2v) is 3.54. The van der Waals surface area contributed by atoms with Gasteiger partial charge in [0, 0.05) is 0 Å². The minimum Gasteiger partial charge on any atom is -0.0813 e. The zero-order valence-electron chi connectivity index (χ0n) is 5.09. The van der Waals surface area contributed by atoms with Gasteiger partial charge in [-0.25, -0.2) is 0 Å². The van der Waals surface area contributed by atoms with Crippen molar-refractivity contribution in [1.29, 1.82) is 0 Å². The molecule has 0 N–H and O–H groups in total. The highest BCUT2D eigenvalue weighted by Crippen LogP contribution is 2.68. The fourth-order valence-corrected chi connectivity index (χ4v) is 2.93. The molecule has 0 radical (unpaired) electrons. The third-order valence-electron chi connectivity index (χ3n) is 3.42. The molecule has 8 heavy (non-hydrogen) atoms. The van der Waals surface area contributed by atoms with Crippen LogP contribution in [0.15, 0.2) is 11.6 Å². The van der Waals surface area contributed by atoms with E-state index in [2.05, 4.69) is 13.0 Å². The molecule has 0 aromatic carbocycles. The summed E-state index contributed by atoms with van der Waals surface area (Å²) in [6.45, 7) is 2.38. The minimum atomic E-state index is 0.999. The summed E-state index contributed by atoms with van der Waals surface area (Å²) >= 11 is 0. The van der Waals surface area contributed by atoms with Crippen molar-refractivity contribution >= 4 is 0 Å². The molecule has 0 heterocycles. The van der Waals surface area contributed by atoms with Gasteiger partial charge in [0.1, 0.15) is 0 Å². The molecule has 0 saturated heterocycles. The van der Waals surface area contributed by atoms with E-state index in [0.29, 0.717) is 0 Å². The smallest absolute Gasteiger partial charge is 0.0155 e. The monoisotopic (exact) mass is 106 g/mol. The van der Waals surface area contributed by atoms with Crippen LogP contribution in [0.5, 0.6) is 0 Å². The van der Waals surface area contributed by atoms with Crippen LogP contribution in [0.3, 0.4) is 0 Å². The first-order valence-corrected chi connectivity index (χ1v) is 3.59. The fraction of sp³-hybridized carbons (Fsp3) is 0.750. The summed E-state index contributed by atoms with van der Waals surface area (Å²) < 4.78 is 0. The Hall–Kier alpha value is -0.260. The number of hydrogen-bond acceptors (Lipinski definition) is 0. The SMILES string of the molecule is CC1C2=CC3CC2[C@H]31. The van der Waals surface area contributed by atoms with Gasteiger partial charge in [-0.2, -0.15) is 0 Å². The van der Waals surface area contributed by atoms with Crippen LogP contribution < -0.4 is 0 Å². The molecule has 5 aliphatic carbocycles. The second kappa shape index (κ2) is 0.792. The van der Waals surface area contributed by atoms with Crippen molar-refractivity contribution in [2.24, 2.45) is 23.7 Å². The Bertz CT molecular complexity index is 166. The minimum absolute atomic E-state index is 0.999. The van der Waals surface area contributed by atoms with E-state index in [1.54, 1.807) is 5.57 Å². The number of rotatable bonds is 0. The molecule has 0 nitrogen and oxygen atoms in total. The highest BCUT2D eigenvalue weighted by molar-refractivity contribution is 5.39. The van der Waals surface area contributed by atoms with Crippen molar-refractivity contribution in [2.45, 2.75) is 13.3 Å². The highest BCUT2D eigenvalue weighted by Gasteiger charge is 2.59. The van der Waals surface area contributed by atoms with Crippen molar-refractivity contribution < 1.29 is 0 Å². The Morgan fingerprint density at radius 2 is 2.50 bits per heavy atom. The normalized spacial score (nSPS) is 63.9. The molecule has 0 aromatic heterocycles. The summed E-state index contributed by atoms with van der Waals surface area (Å²) in [4.78, 5) is 0. The van der Waals surface area contributed by atoms with Gasteiger partial charge in [-0.1, -0.05) is 18.6 Å². The van der Waals surface area contributed by atoms with E-state index in [0.717, 1.165) is 23.7 Å². The second-order valence-electron chi connectivity index (χ2n) is 3.54. The molecule has 42 valence electrons. The summed E-state index contributed by atoms with van der Waals surface area (Å²) in [6, 6.07) is 0. The first kappa shape index (κ1) is 3.71. The standard InChI is InChI=1S/C8H10/c1-4-6-2-5-3-7(6)8(4)5/h2,4-5,7-8H,3H2,1H3/t4?,5?,7?,8-/m0/s1. The average Bonchev–Trinajstić information content (AvgIpc) is 2.20. The van der Waals surface area contributed by atoms with Crippen molar-refractivity contribution in [2.75, 3.05) is 0 Å². The Morgan fingerprint density at radius 3 is 2.75 bits per heavy atom. The van der Waals surface area contributed by atoms with Crippen LogP contribution in [0.1, 0.15) is 13.3 Å². The predicted molar refractivity (Wildman–Crippen MR) is 32.3 cm³/mol. The molecule has 0 heteroatoms. The topological polar surface area (TPSA) is 0 Å². The molecule has 5 rings (SSSR count). The molecule has 2 saturated carbocycles. The maximum Gasteiger partial charge on any atom is -0.0155 e. The summed E-state index contributed by atoms with van der Waals surface area (Å²) in [7, 11) is 0. The van der Waals surface area contributed by atoms with E-state index in [4.69, 9.17) is 0 Å². The van der Waals surface area contributed by atoms with Crippen LogP contribution in [-0.2, 0) is 0 Å². The van der Waals surface area contributed by atoms with E-state index in [-0.39, 0.29) is 0 Å². The van der Waals surface area contributed by atoms with Crippen LogP contribution >= 0.6 is 0 Å². The van der Waals surface area contributed by atoms with Gasteiger partial charge in [0.15, 0.2) is 0 Å².